The molecule has 3 aromatic heterocycles. The van der Waals surface area contributed by atoms with Crippen molar-refractivity contribution < 1.29 is 0 Å². The summed E-state index contributed by atoms with van der Waals surface area (Å²) in [6, 6.07) is 4.16. The maximum atomic E-state index is 6.03. The van der Waals surface area contributed by atoms with Crippen molar-refractivity contribution in [1.82, 2.24) is 24.9 Å². The Kier molecular flexibility index (Phi) is 4.17. The van der Waals surface area contributed by atoms with Gasteiger partial charge < -0.3 is 14.8 Å². The van der Waals surface area contributed by atoms with Crippen molar-refractivity contribution in [3.8, 4) is 0 Å². The number of likely N-dealkylation sites (N-methyl/N-ethyl adjacent to an activating group) is 1. The molecule has 0 amide bonds. The number of hydrogen-bond acceptors (Lipinski definition) is 6. The molecule has 0 saturated carbocycles. The third-order valence-electron chi connectivity index (χ3n) is 5.03. The van der Waals surface area contributed by atoms with Crippen LogP contribution in [0.15, 0.2) is 31.0 Å². The quantitative estimate of drug-likeness (QED) is 0.726. The number of nitrogens with zero attached hydrogens (tertiary/aromatic N) is 6. The molecular formula is C17H20ClN7. The summed E-state index contributed by atoms with van der Waals surface area (Å²) in [7, 11) is 2.10. The maximum Gasteiger partial charge on any atom is 0.142 e. The number of piperidine rings is 1. The van der Waals surface area contributed by atoms with Gasteiger partial charge in [0.1, 0.15) is 35.1 Å². The molecule has 1 N–H and O–H groups in total. The van der Waals surface area contributed by atoms with Gasteiger partial charge in [0, 0.05) is 32.4 Å². The predicted octanol–water partition coefficient (Wildman–Crippen LogP) is 2.75. The average molecular weight is 358 g/mol. The first-order chi connectivity index (χ1) is 12.1. The van der Waals surface area contributed by atoms with Crippen molar-refractivity contribution in [2.24, 2.45) is 5.92 Å². The van der Waals surface area contributed by atoms with E-state index >= 15 is 0 Å². The minimum Gasteiger partial charge on any atom is -0.354 e. The SMILES string of the molecule is CC1CCN(c2cc(Cl)ncn2)CC1N(C)c1ncnc2[nH]ccc12. The smallest absolute Gasteiger partial charge is 0.142 e. The molecule has 1 aliphatic heterocycles. The van der Waals surface area contributed by atoms with Crippen LogP contribution in [0, 0.1) is 5.92 Å². The number of halogens is 1. The standard InChI is InChI=1S/C17H20ClN7/c1-11-4-6-25(15-7-14(18)20-9-21-15)8-13(11)24(2)17-12-3-5-19-16(12)22-10-23-17/h3,5,7,9-11,13H,4,6,8H2,1-2H3,(H,19,22,23). The van der Waals surface area contributed by atoms with E-state index in [0.717, 1.165) is 42.2 Å². The molecule has 130 valence electrons. The molecule has 0 bridgehead atoms. The Morgan fingerprint density at radius 2 is 2.08 bits per heavy atom. The highest BCUT2D eigenvalue weighted by Crippen LogP contribution is 2.30. The lowest BCUT2D eigenvalue weighted by Crippen LogP contribution is -2.51. The van der Waals surface area contributed by atoms with Crippen molar-refractivity contribution in [1.29, 1.82) is 0 Å². The van der Waals surface area contributed by atoms with Crippen LogP contribution in [0.4, 0.5) is 11.6 Å². The molecule has 25 heavy (non-hydrogen) atoms. The van der Waals surface area contributed by atoms with E-state index in [1.165, 1.54) is 6.33 Å². The predicted molar refractivity (Wildman–Crippen MR) is 99.1 cm³/mol. The topological polar surface area (TPSA) is 73.8 Å². The van der Waals surface area contributed by atoms with Crippen molar-refractivity contribution in [2.45, 2.75) is 19.4 Å². The number of anilines is 2. The monoisotopic (exact) mass is 357 g/mol. The molecule has 0 radical (unpaired) electrons. The molecule has 1 aliphatic rings. The van der Waals surface area contributed by atoms with Crippen LogP contribution >= 0.6 is 11.6 Å². The van der Waals surface area contributed by atoms with Crippen LogP contribution in [0.1, 0.15) is 13.3 Å². The van der Waals surface area contributed by atoms with E-state index in [-0.39, 0.29) is 0 Å². The molecule has 7 nitrogen and oxygen atoms in total. The van der Waals surface area contributed by atoms with E-state index in [9.17, 15) is 0 Å². The Morgan fingerprint density at radius 1 is 1.24 bits per heavy atom. The van der Waals surface area contributed by atoms with Gasteiger partial charge in [0.05, 0.1) is 11.4 Å². The van der Waals surface area contributed by atoms with E-state index in [1.54, 1.807) is 6.33 Å². The summed E-state index contributed by atoms with van der Waals surface area (Å²) in [5, 5.41) is 1.51. The highest BCUT2D eigenvalue weighted by Gasteiger charge is 2.31. The second-order valence-corrected chi connectivity index (χ2v) is 6.91. The maximum absolute atomic E-state index is 6.03. The van der Waals surface area contributed by atoms with Gasteiger partial charge in [-0.15, -0.1) is 0 Å². The lowest BCUT2D eigenvalue weighted by atomic mass is 9.92. The van der Waals surface area contributed by atoms with Gasteiger partial charge >= 0.3 is 0 Å². The van der Waals surface area contributed by atoms with Crippen molar-refractivity contribution in [3.63, 3.8) is 0 Å². The van der Waals surface area contributed by atoms with E-state index in [2.05, 4.69) is 48.7 Å². The highest BCUT2D eigenvalue weighted by molar-refractivity contribution is 6.29. The number of fused-ring (bicyclic) bond motifs is 1. The molecule has 2 unspecified atom stereocenters. The molecule has 0 aliphatic carbocycles. The van der Waals surface area contributed by atoms with Gasteiger partial charge in [0.25, 0.3) is 0 Å². The van der Waals surface area contributed by atoms with Crippen molar-refractivity contribution in [3.05, 3.63) is 36.1 Å². The molecule has 2 atom stereocenters. The summed E-state index contributed by atoms with van der Waals surface area (Å²) >= 11 is 6.03. The van der Waals surface area contributed by atoms with Crippen LogP contribution < -0.4 is 9.80 Å². The first-order valence-corrected chi connectivity index (χ1v) is 8.74. The van der Waals surface area contributed by atoms with Crippen LogP contribution in [-0.2, 0) is 0 Å². The third kappa shape index (κ3) is 3.00. The fourth-order valence-electron chi connectivity index (χ4n) is 3.56. The van der Waals surface area contributed by atoms with Gasteiger partial charge in [-0.2, -0.15) is 0 Å². The Balaban J connectivity index is 1.62. The van der Waals surface area contributed by atoms with Crippen molar-refractivity contribution >= 4 is 34.3 Å². The first kappa shape index (κ1) is 16.1. The van der Waals surface area contributed by atoms with Gasteiger partial charge in [0.15, 0.2) is 0 Å². The number of aromatic nitrogens is 5. The second kappa shape index (κ2) is 6.48. The Bertz CT molecular complexity index is 880. The highest BCUT2D eigenvalue weighted by atomic mass is 35.5. The minimum absolute atomic E-state index is 0.315. The van der Waals surface area contributed by atoms with Gasteiger partial charge in [-0.05, 0) is 18.4 Å². The normalized spacial score (nSPS) is 20.8. The number of H-pyrrole nitrogens is 1. The number of hydrogen-bond donors (Lipinski definition) is 1. The molecule has 3 aromatic rings. The fourth-order valence-corrected chi connectivity index (χ4v) is 3.70. The minimum atomic E-state index is 0.315. The number of aromatic amines is 1. The fraction of sp³-hybridized carbons (Fsp3) is 0.412. The molecular weight excluding hydrogens is 338 g/mol. The van der Waals surface area contributed by atoms with Crippen LogP contribution in [0.5, 0.6) is 0 Å². The molecule has 0 spiro atoms. The molecule has 1 fully saturated rings. The van der Waals surface area contributed by atoms with E-state index in [1.807, 2.05) is 18.3 Å². The lowest BCUT2D eigenvalue weighted by Gasteiger charge is -2.42. The van der Waals surface area contributed by atoms with Gasteiger partial charge in [-0.1, -0.05) is 18.5 Å². The first-order valence-electron chi connectivity index (χ1n) is 8.37. The van der Waals surface area contributed by atoms with E-state index in [4.69, 9.17) is 11.6 Å². The van der Waals surface area contributed by atoms with Crippen LogP contribution in [0.25, 0.3) is 11.0 Å². The van der Waals surface area contributed by atoms with Gasteiger partial charge in [-0.25, -0.2) is 19.9 Å². The molecule has 0 aromatic carbocycles. The Hall–Kier alpha value is -2.41. The zero-order valence-corrected chi connectivity index (χ0v) is 15.0. The Labute approximate surface area is 151 Å². The van der Waals surface area contributed by atoms with Crippen LogP contribution in [0.2, 0.25) is 5.15 Å². The third-order valence-corrected chi connectivity index (χ3v) is 5.23. The van der Waals surface area contributed by atoms with Crippen LogP contribution in [-0.4, -0.2) is 51.1 Å². The Morgan fingerprint density at radius 3 is 2.92 bits per heavy atom. The lowest BCUT2D eigenvalue weighted by molar-refractivity contribution is 0.366. The molecule has 8 heteroatoms. The van der Waals surface area contributed by atoms with Gasteiger partial charge in [-0.3, -0.25) is 0 Å². The summed E-state index contributed by atoms with van der Waals surface area (Å²) in [5.41, 5.74) is 0.861. The molecule has 1 saturated heterocycles. The molecule has 4 heterocycles. The average Bonchev–Trinajstić information content (AvgIpc) is 3.10. The zero-order chi connectivity index (χ0) is 17.4. The number of nitrogens with one attached hydrogen (secondary N) is 1. The van der Waals surface area contributed by atoms with Crippen molar-refractivity contribution in [2.75, 3.05) is 29.9 Å². The summed E-state index contributed by atoms with van der Waals surface area (Å²) in [5.74, 6) is 2.37. The number of rotatable bonds is 3. The van der Waals surface area contributed by atoms with E-state index in [0.29, 0.717) is 17.1 Å². The second-order valence-electron chi connectivity index (χ2n) is 6.53. The van der Waals surface area contributed by atoms with E-state index < -0.39 is 0 Å². The summed E-state index contributed by atoms with van der Waals surface area (Å²) in [6.07, 6.45) is 6.11. The zero-order valence-electron chi connectivity index (χ0n) is 14.2. The summed E-state index contributed by atoms with van der Waals surface area (Å²) < 4.78 is 0. The van der Waals surface area contributed by atoms with Gasteiger partial charge in [0.2, 0.25) is 0 Å². The van der Waals surface area contributed by atoms with Crippen LogP contribution in [0.3, 0.4) is 0 Å². The summed E-state index contributed by atoms with van der Waals surface area (Å²) in [6.45, 7) is 4.12. The molecule has 4 rings (SSSR count). The summed E-state index contributed by atoms with van der Waals surface area (Å²) in [4.78, 5) is 24.8. The largest absolute Gasteiger partial charge is 0.354 e.